The van der Waals surface area contributed by atoms with Gasteiger partial charge in [0.1, 0.15) is 11.5 Å². The summed E-state index contributed by atoms with van der Waals surface area (Å²) in [5.41, 5.74) is 2.15. The molecule has 0 saturated heterocycles. The number of carbonyl (C=O) groups is 1. The zero-order valence-corrected chi connectivity index (χ0v) is 13.4. The number of aryl methyl sites for hydroxylation is 1. The van der Waals surface area contributed by atoms with Gasteiger partial charge in [0.15, 0.2) is 11.5 Å². The number of benzene rings is 1. The van der Waals surface area contributed by atoms with Crippen LogP contribution in [0.3, 0.4) is 0 Å². The van der Waals surface area contributed by atoms with Gasteiger partial charge in [-0.1, -0.05) is 13.0 Å². The first-order chi connectivity index (χ1) is 11.2. The van der Waals surface area contributed by atoms with Gasteiger partial charge in [0.05, 0.1) is 19.3 Å². The highest BCUT2D eigenvalue weighted by Gasteiger charge is 2.22. The minimum atomic E-state index is -0.126. The van der Waals surface area contributed by atoms with E-state index in [1.165, 1.54) is 0 Å². The molecule has 122 valence electrons. The van der Waals surface area contributed by atoms with E-state index >= 15 is 0 Å². The largest absolute Gasteiger partial charge is 0.493 e. The molecule has 0 aliphatic carbocycles. The Bertz CT molecular complexity index is 709. The van der Waals surface area contributed by atoms with Gasteiger partial charge in [0.2, 0.25) is 0 Å². The summed E-state index contributed by atoms with van der Waals surface area (Å²) in [6.45, 7) is 3.32. The molecule has 1 aliphatic rings. The molecule has 0 radical (unpaired) electrons. The zero-order valence-electron chi connectivity index (χ0n) is 13.4. The third kappa shape index (κ3) is 3.02. The number of rotatable bonds is 5. The highest BCUT2D eigenvalue weighted by Crippen LogP contribution is 2.37. The molecule has 1 aromatic carbocycles. The van der Waals surface area contributed by atoms with E-state index in [9.17, 15) is 4.79 Å². The standard InChI is InChI=1S/C17H21N3O3/c1-3-10-23-15-11(6-4-8-13(15)22-2)16-19-12-7-5-9-18-17(21)14(12)20-16/h4,6,8H,3,5,7,9-10H2,1-2H3,(H,18,21)(H,19,20). The fourth-order valence-electron chi connectivity index (χ4n) is 2.67. The first kappa shape index (κ1) is 15.4. The summed E-state index contributed by atoms with van der Waals surface area (Å²) in [6.07, 6.45) is 2.60. The van der Waals surface area contributed by atoms with Crippen molar-refractivity contribution in [3.63, 3.8) is 0 Å². The highest BCUT2D eigenvalue weighted by atomic mass is 16.5. The molecule has 0 unspecified atom stereocenters. The molecule has 2 heterocycles. The molecule has 6 nitrogen and oxygen atoms in total. The van der Waals surface area contributed by atoms with Crippen molar-refractivity contribution in [2.24, 2.45) is 0 Å². The van der Waals surface area contributed by atoms with Gasteiger partial charge in [0, 0.05) is 12.2 Å². The van der Waals surface area contributed by atoms with E-state index in [1.807, 2.05) is 18.2 Å². The molecular weight excluding hydrogens is 294 g/mol. The zero-order chi connectivity index (χ0) is 16.2. The number of nitrogens with one attached hydrogen (secondary N) is 2. The molecule has 6 heteroatoms. The van der Waals surface area contributed by atoms with Crippen LogP contribution in [0.4, 0.5) is 0 Å². The van der Waals surface area contributed by atoms with Crippen LogP contribution >= 0.6 is 0 Å². The van der Waals surface area contributed by atoms with Gasteiger partial charge in [-0.25, -0.2) is 4.98 Å². The summed E-state index contributed by atoms with van der Waals surface area (Å²) >= 11 is 0. The number of fused-ring (bicyclic) bond motifs is 1. The minimum Gasteiger partial charge on any atom is -0.493 e. The number of aromatic amines is 1. The Hall–Kier alpha value is -2.50. The second kappa shape index (κ2) is 6.73. The molecule has 0 saturated carbocycles. The van der Waals surface area contributed by atoms with E-state index in [0.29, 0.717) is 36.2 Å². The number of H-pyrrole nitrogens is 1. The molecule has 0 bridgehead atoms. The summed E-state index contributed by atoms with van der Waals surface area (Å²) in [4.78, 5) is 19.9. The van der Waals surface area contributed by atoms with Gasteiger partial charge >= 0.3 is 0 Å². The molecule has 1 amide bonds. The number of para-hydroxylation sites is 1. The molecule has 1 aromatic heterocycles. The molecule has 2 N–H and O–H groups in total. The van der Waals surface area contributed by atoms with Gasteiger partial charge in [0.25, 0.3) is 5.91 Å². The Morgan fingerprint density at radius 1 is 1.35 bits per heavy atom. The third-order valence-corrected chi connectivity index (χ3v) is 3.79. The summed E-state index contributed by atoms with van der Waals surface area (Å²) < 4.78 is 11.3. The molecular formula is C17H21N3O3. The van der Waals surface area contributed by atoms with Crippen LogP contribution in [-0.2, 0) is 6.42 Å². The predicted molar refractivity (Wildman–Crippen MR) is 87.0 cm³/mol. The second-order valence-corrected chi connectivity index (χ2v) is 5.46. The number of imidazole rings is 1. The van der Waals surface area contributed by atoms with Crippen molar-refractivity contribution in [2.75, 3.05) is 20.3 Å². The molecule has 0 atom stereocenters. The lowest BCUT2D eigenvalue weighted by atomic mass is 10.1. The van der Waals surface area contributed by atoms with Gasteiger partial charge in [-0.3, -0.25) is 4.79 Å². The summed E-state index contributed by atoms with van der Waals surface area (Å²) in [5.74, 6) is 1.82. The smallest absolute Gasteiger partial charge is 0.271 e. The number of hydrogen-bond donors (Lipinski definition) is 2. The van der Waals surface area contributed by atoms with E-state index in [-0.39, 0.29) is 5.91 Å². The van der Waals surface area contributed by atoms with Crippen molar-refractivity contribution in [3.05, 3.63) is 29.6 Å². The normalized spacial score (nSPS) is 13.9. The van der Waals surface area contributed by atoms with Crippen molar-refractivity contribution < 1.29 is 14.3 Å². The number of methoxy groups -OCH3 is 1. The maximum absolute atomic E-state index is 12.1. The maximum atomic E-state index is 12.1. The van der Waals surface area contributed by atoms with Crippen LogP contribution in [0, 0.1) is 0 Å². The lowest BCUT2D eigenvalue weighted by Gasteiger charge is -2.13. The lowest BCUT2D eigenvalue weighted by molar-refractivity contribution is 0.0951. The van der Waals surface area contributed by atoms with Crippen LogP contribution in [0.15, 0.2) is 18.2 Å². The molecule has 1 aliphatic heterocycles. The molecule has 3 rings (SSSR count). The van der Waals surface area contributed by atoms with Crippen LogP contribution in [0.2, 0.25) is 0 Å². The van der Waals surface area contributed by atoms with E-state index in [0.717, 1.165) is 30.5 Å². The van der Waals surface area contributed by atoms with E-state index in [1.54, 1.807) is 7.11 Å². The number of amides is 1. The predicted octanol–water partition coefficient (Wildman–Crippen LogP) is 2.55. The van der Waals surface area contributed by atoms with Crippen LogP contribution in [0.25, 0.3) is 11.4 Å². The monoisotopic (exact) mass is 315 g/mol. The second-order valence-electron chi connectivity index (χ2n) is 5.46. The molecule has 2 aromatic rings. The van der Waals surface area contributed by atoms with Gasteiger partial charge in [-0.05, 0) is 31.4 Å². The number of hydrogen-bond acceptors (Lipinski definition) is 4. The van der Waals surface area contributed by atoms with Gasteiger partial charge in [-0.15, -0.1) is 0 Å². The highest BCUT2D eigenvalue weighted by molar-refractivity contribution is 5.94. The SMILES string of the molecule is CCCOc1c(OC)cccc1-c1nc2c([nH]1)CCCNC2=O. The lowest BCUT2D eigenvalue weighted by Crippen LogP contribution is -2.23. The Kier molecular flexibility index (Phi) is 4.50. The Balaban J connectivity index is 2.05. The molecule has 0 spiro atoms. The number of ether oxygens (including phenoxy) is 2. The fourth-order valence-corrected chi connectivity index (χ4v) is 2.67. The van der Waals surface area contributed by atoms with Crippen molar-refractivity contribution >= 4 is 5.91 Å². The maximum Gasteiger partial charge on any atom is 0.271 e. The third-order valence-electron chi connectivity index (χ3n) is 3.79. The average Bonchev–Trinajstić information content (AvgIpc) is 2.93. The fraction of sp³-hybridized carbons (Fsp3) is 0.412. The van der Waals surface area contributed by atoms with E-state index < -0.39 is 0 Å². The Morgan fingerprint density at radius 3 is 3.00 bits per heavy atom. The van der Waals surface area contributed by atoms with Crippen LogP contribution in [-0.4, -0.2) is 36.1 Å². The Labute approximate surface area is 135 Å². The first-order valence-corrected chi connectivity index (χ1v) is 7.91. The van der Waals surface area contributed by atoms with Crippen LogP contribution in [0.5, 0.6) is 11.5 Å². The van der Waals surface area contributed by atoms with Crippen molar-refractivity contribution in [1.29, 1.82) is 0 Å². The van der Waals surface area contributed by atoms with Crippen LogP contribution in [0.1, 0.15) is 35.9 Å². The van der Waals surface area contributed by atoms with Crippen LogP contribution < -0.4 is 14.8 Å². The van der Waals surface area contributed by atoms with Crippen molar-refractivity contribution in [2.45, 2.75) is 26.2 Å². The van der Waals surface area contributed by atoms with E-state index in [4.69, 9.17) is 9.47 Å². The van der Waals surface area contributed by atoms with E-state index in [2.05, 4.69) is 22.2 Å². The first-order valence-electron chi connectivity index (χ1n) is 7.91. The summed E-state index contributed by atoms with van der Waals surface area (Å²) in [7, 11) is 1.61. The number of nitrogens with zero attached hydrogens (tertiary/aromatic N) is 1. The molecule has 23 heavy (non-hydrogen) atoms. The number of carbonyl (C=O) groups excluding carboxylic acids is 1. The summed E-state index contributed by atoms with van der Waals surface area (Å²) in [5, 5.41) is 2.86. The Morgan fingerprint density at radius 2 is 2.22 bits per heavy atom. The minimum absolute atomic E-state index is 0.126. The topological polar surface area (TPSA) is 76.2 Å². The average molecular weight is 315 g/mol. The quantitative estimate of drug-likeness (QED) is 0.889. The summed E-state index contributed by atoms with van der Waals surface area (Å²) in [6, 6.07) is 5.67. The van der Waals surface area contributed by atoms with Gasteiger partial charge in [-0.2, -0.15) is 0 Å². The number of aromatic nitrogens is 2. The van der Waals surface area contributed by atoms with Gasteiger partial charge < -0.3 is 19.8 Å². The molecule has 0 fully saturated rings. The van der Waals surface area contributed by atoms with Crippen molar-refractivity contribution in [1.82, 2.24) is 15.3 Å². The van der Waals surface area contributed by atoms with Crippen molar-refractivity contribution in [3.8, 4) is 22.9 Å².